The highest BCUT2D eigenvalue weighted by atomic mass is 19.1. The van der Waals surface area contributed by atoms with E-state index in [-0.39, 0.29) is 17.6 Å². The van der Waals surface area contributed by atoms with E-state index >= 15 is 0 Å². The van der Waals surface area contributed by atoms with Gasteiger partial charge in [-0.1, -0.05) is 6.08 Å². The summed E-state index contributed by atoms with van der Waals surface area (Å²) in [6, 6.07) is 2.95. The number of carbonyl (C=O) groups excluding carboxylic acids is 1. The Morgan fingerprint density at radius 2 is 2.41 bits per heavy atom. The second-order valence-electron chi connectivity index (χ2n) is 4.04. The SMILES string of the molecule is NNC(=O)[C@@H]1CC=C(c2ncccc2F)CC1. The molecule has 1 aromatic rings. The van der Waals surface area contributed by atoms with E-state index in [1.54, 1.807) is 12.3 Å². The number of nitrogens with two attached hydrogens (primary N) is 1. The van der Waals surface area contributed by atoms with Gasteiger partial charge in [-0.2, -0.15) is 0 Å². The third kappa shape index (κ3) is 2.50. The number of hydrazine groups is 1. The van der Waals surface area contributed by atoms with E-state index in [2.05, 4.69) is 10.4 Å². The first-order valence-corrected chi connectivity index (χ1v) is 5.52. The Morgan fingerprint density at radius 1 is 1.59 bits per heavy atom. The van der Waals surface area contributed by atoms with Crippen molar-refractivity contribution in [2.75, 3.05) is 0 Å². The zero-order chi connectivity index (χ0) is 12.3. The van der Waals surface area contributed by atoms with E-state index in [9.17, 15) is 9.18 Å². The number of nitrogens with zero attached hydrogens (tertiary/aromatic N) is 1. The lowest BCUT2D eigenvalue weighted by molar-refractivity contribution is -0.125. The molecule has 1 aromatic heterocycles. The molecule has 1 aliphatic rings. The Labute approximate surface area is 98.7 Å². The van der Waals surface area contributed by atoms with Gasteiger partial charge in [0.05, 0.1) is 0 Å². The van der Waals surface area contributed by atoms with Crippen LogP contribution in [0.25, 0.3) is 5.57 Å². The Balaban J connectivity index is 2.14. The summed E-state index contributed by atoms with van der Waals surface area (Å²) in [5.41, 5.74) is 3.40. The Morgan fingerprint density at radius 3 is 3.00 bits per heavy atom. The lowest BCUT2D eigenvalue weighted by Crippen LogP contribution is -2.36. The lowest BCUT2D eigenvalue weighted by Gasteiger charge is -2.20. The van der Waals surface area contributed by atoms with Crippen LogP contribution in [0.2, 0.25) is 0 Å². The van der Waals surface area contributed by atoms with Gasteiger partial charge in [0.25, 0.3) is 0 Å². The lowest BCUT2D eigenvalue weighted by atomic mass is 9.87. The summed E-state index contributed by atoms with van der Waals surface area (Å²) in [5, 5.41) is 0. The first-order chi connectivity index (χ1) is 8.22. The topological polar surface area (TPSA) is 68.0 Å². The molecule has 1 heterocycles. The predicted molar refractivity (Wildman–Crippen MR) is 61.8 cm³/mol. The van der Waals surface area contributed by atoms with Crippen molar-refractivity contribution in [3.63, 3.8) is 0 Å². The largest absolute Gasteiger partial charge is 0.294 e. The van der Waals surface area contributed by atoms with Crippen molar-refractivity contribution in [1.82, 2.24) is 10.4 Å². The smallest absolute Gasteiger partial charge is 0.237 e. The molecule has 1 amide bonds. The summed E-state index contributed by atoms with van der Waals surface area (Å²) in [6.45, 7) is 0. The number of allylic oxidation sites excluding steroid dienone is 2. The van der Waals surface area contributed by atoms with E-state index < -0.39 is 0 Å². The van der Waals surface area contributed by atoms with Gasteiger partial charge >= 0.3 is 0 Å². The standard InChI is InChI=1S/C12H14FN3O/c13-10-2-1-7-15-11(10)8-3-5-9(6-4-8)12(17)16-14/h1-3,7,9H,4-6,14H2,(H,16,17)/t9-/m1/s1. The summed E-state index contributed by atoms with van der Waals surface area (Å²) < 4.78 is 13.5. The number of aromatic nitrogens is 1. The molecular weight excluding hydrogens is 221 g/mol. The summed E-state index contributed by atoms with van der Waals surface area (Å²) >= 11 is 0. The van der Waals surface area contributed by atoms with Gasteiger partial charge in [-0.3, -0.25) is 15.2 Å². The van der Waals surface area contributed by atoms with Crippen molar-refractivity contribution < 1.29 is 9.18 Å². The molecule has 17 heavy (non-hydrogen) atoms. The molecule has 1 aliphatic carbocycles. The number of nitrogens with one attached hydrogen (secondary N) is 1. The number of hydrogen-bond acceptors (Lipinski definition) is 3. The molecule has 90 valence electrons. The average Bonchev–Trinajstić information content (AvgIpc) is 2.39. The monoisotopic (exact) mass is 235 g/mol. The average molecular weight is 235 g/mol. The first-order valence-electron chi connectivity index (χ1n) is 5.52. The van der Waals surface area contributed by atoms with Gasteiger partial charge in [0.15, 0.2) is 0 Å². The molecule has 5 heteroatoms. The molecule has 0 radical (unpaired) electrons. The molecule has 1 atom stereocenters. The number of rotatable bonds is 2. The molecule has 0 unspecified atom stereocenters. The fourth-order valence-corrected chi connectivity index (χ4v) is 2.03. The molecule has 3 N–H and O–H groups in total. The van der Waals surface area contributed by atoms with E-state index in [1.165, 1.54) is 6.07 Å². The van der Waals surface area contributed by atoms with Crippen molar-refractivity contribution in [3.05, 3.63) is 35.9 Å². The van der Waals surface area contributed by atoms with Crippen LogP contribution < -0.4 is 11.3 Å². The summed E-state index contributed by atoms with van der Waals surface area (Å²) in [6.07, 6.45) is 5.33. The van der Waals surface area contributed by atoms with Gasteiger partial charge in [-0.05, 0) is 37.0 Å². The van der Waals surface area contributed by atoms with E-state index in [4.69, 9.17) is 5.84 Å². The highest BCUT2D eigenvalue weighted by Gasteiger charge is 2.22. The van der Waals surface area contributed by atoms with Gasteiger partial charge in [0.1, 0.15) is 11.5 Å². The third-order valence-corrected chi connectivity index (χ3v) is 2.99. The zero-order valence-corrected chi connectivity index (χ0v) is 9.32. The number of carbonyl (C=O) groups is 1. The maximum absolute atomic E-state index is 13.5. The highest BCUT2D eigenvalue weighted by molar-refractivity contribution is 5.79. The minimum absolute atomic E-state index is 0.115. The fourth-order valence-electron chi connectivity index (χ4n) is 2.03. The van der Waals surface area contributed by atoms with Crippen molar-refractivity contribution >= 4 is 11.5 Å². The van der Waals surface area contributed by atoms with Gasteiger partial charge in [0, 0.05) is 12.1 Å². The van der Waals surface area contributed by atoms with Crippen LogP contribution in [0.1, 0.15) is 25.0 Å². The van der Waals surface area contributed by atoms with Crippen LogP contribution >= 0.6 is 0 Å². The van der Waals surface area contributed by atoms with Crippen LogP contribution in [-0.2, 0) is 4.79 Å². The number of hydrogen-bond donors (Lipinski definition) is 2. The van der Waals surface area contributed by atoms with Crippen LogP contribution in [0.15, 0.2) is 24.4 Å². The Kier molecular flexibility index (Phi) is 3.49. The van der Waals surface area contributed by atoms with Crippen LogP contribution in [0.4, 0.5) is 4.39 Å². The fraction of sp³-hybridized carbons (Fsp3) is 0.333. The van der Waals surface area contributed by atoms with E-state index in [1.807, 2.05) is 6.08 Å². The van der Waals surface area contributed by atoms with Gasteiger partial charge in [-0.15, -0.1) is 0 Å². The second kappa shape index (κ2) is 5.05. The molecular formula is C12H14FN3O. The van der Waals surface area contributed by atoms with Crippen molar-refractivity contribution in [3.8, 4) is 0 Å². The summed E-state index contributed by atoms with van der Waals surface area (Å²) in [7, 11) is 0. The first kappa shape index (κ1) is 11.7. The number of pyridine rings is 1. The molecule has 0 fully saturated rings. The van der Waals surface area contributed by atoms with Crippen molar-refractivity contribution in [2.24, 2.45) is 11.8 Å². The molecule has 0 saturated heterocycles. The van der Waals surface area contributed by atoms with Crippen LogP contribution in [0.5, 0.6) is 0 Å². The quantitative estimate of drug-likeness (QED) is 0.462. The van der Waals surface area contributed by atoms with E-state index in [0.717, 1.165) is 5.57 Å². The maximum atomic E-state index is 13.5. The van der Waals surface area contributed by atoms with Crippen molar-refractivity contribution in [2.45, 2.75) is 19.3 Å². The zero-order valence-electron chi connectivity index (χ0n) is 9.32. The summed E-state index contributed by atoms with van der Waals surface area (Å²) in [4.78, 5) is 15.3. The predicted octanol–water partition coefficient (Wildman–Crippen LogP) is 1.39. The number of halogens is 1. The Hall–Kier alpha value is -1.75. The minimum atomic E-state index is -0.319. The number of amides is 1. The van der Waals surface area contributed by atoms with Gasteiger partial charge < -0.3 is 0 Å². The maximum Gasteiger partial charge on any atom is 0.237 e. The molecule has 0 saturated carbocycles. The minimum Gasteiger partial charge on any atom is -0.294 e. The van der Waals surface area contributed by atoms with Crippen LogP contribution in [-0.4, -0.2) is 10.9 Å². The molecule has 0 aliphatic heterocycles. The van der Waals surface area contributed by atoms with Gasteiger partial charge in [0.2, 0.25) is 5.91 Å². The Bertz CT molecular complexity index is 459. The summed E-state index contributed by atoms with van der Waals surface area (Å²) in [5.74, 6) is 4.48. The molecule has 0 aromatic carbocycles. The van der Waals surface area contributed by atoms with Crippen LogP contribution in [0, 0.1) is 11.7 Å². The molecule has 0 bridgehead atoms. The van der Waals surface area contributed by atoms with Gasteiger partial charge in [-0.25, -0.2) is 10.2 Å². The molecule has 4 nitrogen and oxygen atoms in total. The van der Waals surface area contributed by atoms with Crippen molar-refractivity contribution in [1.29, 1.82) is 0 Å². The normalized spacial score (nSPS) is 19.6. The highest BCUT2D eigenvalue weighted by Crippen LogP contribution is 2.30. The third-order valence-electron chi connectivity index (χ3n) is 2.99. The molecule has 2 rings (SSSR count). The van der Waals surface area contributed by atoms with E-state index in [0.29, 0.717) is 25.0 Å². The second-order valence-corrected chi connectivity index (χ2v) is 4.04. The molecule has 0 spiro atoms. The van der Waals surface area contributed by atoms with Crippen LogP contribution in [0.3, 0.4) is 0 Å².